The molecule has 1 saturated heterocycles. The second-order valence-corrected chi connectivity index (χ2v) is 4.68. The van der Waals surface area contributed by atoms with Gasteiger partial charge in [0.2, 0.25) is 5.71 Å². The van der Waals surface area contributed by atoms with Crippen LogP contribution in [0.5, 0.6) is 0 Å². The van der Waals surface area contributed by atoms with Crippen LogP contribution in [-0.4, -0.2) is 46.1 Å². The van der Waals surface area contributed by atoms with Crippen LogP contribution in [0.3, 0.4) is 0 Å². The molecule has 1 amide bonds. The minimum Gasteiger partial charge on any atom is -0.497 e. The molecule has 6 nitrogen and oxygen atoms in total. The quantitative estimate of drug-likeness (QED) is 0.584. The van der Waals surface area contributed by atoms with Crippen LogP contribution in [-0.2, 0) is 4.79 Å². The summed E-state index contributed by atoms with van der Waals surface area (Å²) in [5.41, 5.74) is 9.93. The van der Waals surface area contributed by atoms with Gasteiger partial charge in [0.05, 0.1) is 0 Å². The van der Waals surface area contributed by atoms with Crippen LogP contribution in [0.25, 0.3) is 5.53 Å². The first-order chi connectivity index (χ1) is 9.79. The lowest BCUT2D eigenvalue weighted by atomic mass is 10.2. The van der Waals surface area contributed by atoms with Crippen LogP contribution in [0.4, 0.5) is 0 Å². The molecule has 100 valence electrons. The normalized spacial score (nSPS) is 17.8. The summed E-state index contributed by atoms with van der Waals surface area (Å²) in [6.07, 6.45) is 1.99. The Morgan fingerprint density at radius 3 is 2.50 bits per heavy atom. The van der Waals surface area contributed by atoms with Gasteiger partial charge in [0, 0.05) is 18.7 Å². The Morgan fingerprint density at radius 2 is 1.85 bits per heavy atom. The Kier molecular flexibility index (Phi) is 3.23. The van der Waals surface area contributed by atoms with Crippen molar-refractivity contribution in [1.29, 1.82) is 0 Å². The molecule has 2 aliphatic heterocycles. The second-order valence-electron chi connectivity index (χ2n) is 4.68. The number of likely N-dealkylation sites (tertiary alicyclic amines) is 1. The van der Waals surface area contributed by atoms with Gasteiger partial charge in [0.1, 0.15) is 0 Å². The number of benzene rings is 1. The van der Waals surface area contributed by atoms with Crippen molar-refractivity contribution in [2.45, 2.75) is 12.8 Å². The summed E-state index contributed by atoms with van der Waals surface area (Å²) in [6, 6.07) is 9.31. The van der Waals surface area contributed by atoms with Gasteiger partial charge in [-0.15, -0.1) is 0 Å². The van der Waals surface area contributed by atoms with Crippen LogP contribution in [0.2, 0.25) is 0 Å². The molecule has 20 heavy (non-hydrogen) atoms. The molecule has 0 radical (unpaired) electrons. The fourth-order valence-electron chi connectivity index (χ4n) is 2.33. The monoisotopic (exact) mass is 267 g/mol. The van der Waals surface area contributed by atoms with Gasteiger partial charge in [-0.3, -0.25) is 4.79 Å². The van der Waals surface area contributed by atoms with Crippen LogP contribution in [0.15, 0.2) is 40.3 Å². The third-order valence-corrected chi connectivity index (χ3v) is 3.36. The zero-order valence-corrected chi connectivity index (χ0v) is 10.9. The number of hydrogen-bond donors (Lipinski definition) is 0. The molecule has 0 saturated carbocycles. The molecule has 0 N–H and O–H groups in total. The number of rotatable bonds is 2. The Morgan fingerprint density at radius 1 is 1.15 bits per heavy atom. The van der Waals surface area contributed by atoms with Gasteiger partial charge in [0.25, 0.3) is 11.7 Å². The number of carbonyl (C=O) groups excluding carboxylic acids is 1. The summed E-state index contributed by atoms with van der Waals surface area (Å²) in [5.74, 6) is 0.173. The third-order valence-electron chi connectivity index (χ3n) is 3.36. The van der Waals surface area contributed by atoms with Crippen LogP contribution in [0.1, 0.15) is 18.4 Å². The van der Waals surface area contributed by atoms with E-state index in [9.17, 15) is 4.79 Å². The lowest BCUT2D eigenvalue weighted by Crippen LogP contribution is -2.37. The minimum atomic E-state index is -0.218. The summed E-state index contributed by atoms with van der Waals surface area (Å²) in [4.78, 5) is 25.5. The van der Waals surface area contributed by atoms with E-state index in [-0.39, 0.29) is 17.5 Å². The van der Waals surface area contributed by atoms with Crippen molar-refractivity contribution >= 4 is 23.3 Å². The molecule has 2 heterocycles. The lowest BCUT2D eigenvalue weighted by molar-refractivity contribution is -0.123. The van der Waals surface area contributed by atoms with Gasteiger partial charge >= 0.3 is 5.84 Å². The van der Waals surface area contributed by atoms with E-state index in [1.165, 1.54) is 0 Å². The number of aliphatic imine (C=N–C) groups is 2. The van der Waals surface area contributed by atoms with Gasteiger partial charge < -0.3 is 15.2 Å². The average molecular weight is 267 g/mol. The minimum absolute atomic E-state index is 0.0132. The van der Waals surface area contributed by atoms with Crippen molar-refractivity contribution in [2.75, 3.05) is 13.1 Å². The zero-order chi connectivity index (χ0) is 13.9. The van der Waals surface area contributed by atoms with E-state index >= 15 is 0 Å². The summed E-state index contributed by atoms with van der Waals surface area (Å²) >= 11 is 0. The maximum atomic E-state index is 12.3. The van der Waals surface area contributed by atoms with Crippen LogP contribution >= 0.6 is 0 Å². The summed E-state index contributed by atoms with van der Waals surface area (Å²) in [7, 11) is 0. The SMILES string of the molecule is [N-]=[N+]=C1N=C(c2ccccc2)N=C1C(=O)N1CCCC1. The number of hydrogen-bond acceptors (Lipinski definition) is 2. The molecule has 0 spiro atoms. The standard InChI is InChI=1S/C14H13N5O/c15-18-13-11(14(20)19-8-4-5-9-19)16-12(17-13)10-6-2-1-3-7-10/h1-3,6-7H,4-5,8-9H2. The van der Waals surface area contributed by atoms with E-state index in [4.69, 9.17) is 5.53 Å². The molecule has 2 aliphatic rings. The van der Waals surface area contributed by atoms with E-state index in [2.05, 4.69) is 14.8 Å². The first kappa shape index (κ1) is 12.4. The fourth-order valence-corrected chi connectivity index (χ4v) is 2.33. The summed E-state index contributed by atoms with van der Waals surface area (Å²) in [6.45, 7) is 1.44. The molecule has 0 aromatic heterocycles. The van der Waals surface area contributed by atoms with Crippen molar-refractivity contribution in [2.24, 2.45) is 9.98 Å². The predicted octanol–water partition coefficient (Wildman–Crippen LogP) is 1.14. The summed E-state index contributed by atoms with van der Waals surface area (Å²) < 4.78 is 0. The number of carbonyl (C=O) groups is 1. The van der Waals surface area contributed by atoms with E-state index in [0.29, 0.717) is 5.84 Å². The number of amides is 1. The molecular weight excluding hydrogens is 254 g/mol. The second kappa shape index (κ2) is 5.19. The van der Waals surface area contributed by atoms with Crippen molar-refractivity contribution < 1.29 is 9.58 Å². The van der Waals surface area contributed by atoms with Gasteiger partial charge in [-0.1, -0.05) is 18.2 Å². The smallest absolute Gasteiger partial charge is 0.435 e. The Labute approximate surface area is 116 Å². The van der Waals surface area contributed by atoms with E-state index in [1.54, 1.807) is 4.90 Å². The molecule has 0 atom stereocenters. The van der Waals surface area contributed by atoms with Crippen molar-refractivity contribution in [1.82, 2.24) is 4.90 Å². The molecule has 0 unspecified atom stereocenters. The average Bonchev–Trinajstić information content (AvgIpc) is 3.17. The fraction of sp³-hybridized carbons (Fsp3) is 0.286. The van der Waals surface area contributed by atoms with Crippen LogP contribution < -0.4 is 0 Å². The van der Waals surface area contributed by atoms with Crippen molar-refractivity contribution in [3.05, 3.63) is 41.4 Å². The molecule has 1 fully saturated rings. The van der Waals surface area contributed by atoms with Gasteiger partial charge in [-0.25, -0.2) is 0 Å². The molecule has 1 aromatic carbocycles. The third kappa shape index (κ3) is 2.17. The Balaban J connectivity index is 1.92. The highest BCUT2D eigenvalue weighted by Gasteiger charge is 2.37. The predicted molar refractivity (Wildman–Crippen MR) is 74.9 cm³/mol. The molecular formula is C14H13N5O. The maximum absolute atomic E-state index is 12.3. The van der Waals surface area contributed by atoms with E-state index in [0.717, 1.165) is 31.5 Å². The van der Waals surface area contributed by atoms with Crippen molar-refractivity contribution in [3.8, 4) is 0 Å². The molecule has 0 bridgehead atoms. The van der Waals surface area contributed by atoms with Gasteiger partial charge in [0.15, 0.2) is 0 Å². The largest absolute Gasteiger partial charge is 0.497 e. The topological polar surface area (TPSA) is 81.4 Å². The zero-order valence-electron chi connectivity index (χ0n) is 10.9. The maximum Gasteiger partial charge on any atom is 0.435 e. The first-order valence-corrected chi connectivity index (χ1v) is 6.54. The van der Waals surface area contributed by atoms with Gasteiger partial charge in [-0.2, -0.15) is 4.99 Å². The molecule has 3 rings (SSSR count). The van der Waals surface area contributed by atoms with Crippen molar-refractivity contribution in [3.63, 3.8) is 0 Å². The highest BCUT2D eigenvalue weighted by atomic mass is 16.2. The molecule has 0 aliphatic carbocycles. The first-order valence-electron chi connectivity index (χ1n) is 6.54. The number of amidine groups is 2. The Hall–Kier alpha value is -2.59. The van der Waals surface area contributed by atoms with Crippen LogP contribution in [0, 0.1) is 0 Å². The number of nitrogens with zero attached hydrogens (tertiary/aromatic N) is 5. The Bertz CT molecular complexity index is 649. The van der Waals surface area contributed by atoms with Gasteiger partial charge in [-0.05, 0) is 30.0 Å². The molecule has 6 heteroatoms. The molecule has 1 aromatic rings. The van der Waals surface area contributed by atoms with E-state index in [1.807, 2.05) is 30.3 Å². The summed E-state index contributed by atoms with van der Waals surface area (Å²) in [5, 5.41) is 0. The van der Waals surface area contributed by atoms with E-state index < -0.39 is 0 Å². The lowest BCUT2D eigenvalue weighted by Gasteiger charge is -2.12. The highest BCUT2D eigenvalue weighted by Crippen LogP contribution is 2.13. The highest BCUT2D eigenvalue weighted by molar-refractivity contribution is 6.68.